The SMILES string of the molecule is NC(=O)Cc1cccc2cn(-c3ccc(N)cc3)nc12. The van der Waals surface area contributed by atoms with Crippen LogP contribution >= 0.6 is 0 Å². The molecule has 2 aromatic carbocycles. The Morgan fingerprint density at radius 3 is 2.60 bits per heavy atom. The molecule has 4 N–H and O–H groups in total. The summed E-state index contributed by atoms with van der Waals surface area (Å²) < 4.78 is 1.77. The number of benzene rings is 2. The third-order valence-corrected chi connectivity index (χ3v) is 3.14. The Morgan fingerprint density at radius 2 is 1.90 bits per heavy atom. The quantitative estimate of drug-likeness (QED) is 0.706. The predicted octanol–water partition coefficient (Wildman–Crippen LogP) is 1.64. The molecule has 0 saturated heterocycles. The molecular weight excluding hydrogens is 252 g/mol. The van der Waals surface area contributed by atoms with Crippen LogP contribution in [-0.4, -0.2) is 15.7 Å². The van der Waals surface area contributed by atoms with Crippen molar-refractivity contribution in [3.8, 4) is 5.69 Å². The van der Waals surface area contributed by atoms with Gasteiger partial charge in [-0.2, -0.15) is 5.10 Å². The number of nitrogens with two attached hydrogens (primary N) is 2. The third-order valence-electron chi connectivity index (χ3n) is 3.14. The van der Waals surface area contributed by atoms with Gasteiger partial charge in [0.15, 0.2) is 0 Å². The molecule has 0 bridgehead atoms. The normalized spacial score (nSPS) is 10.8. The Morgan fingerprint density at radius 1 is 1.15 bits per heavy atom. The molecule has 1 heterocycles. The van der Waals surface area contributed by atoms with E-state index in [1.165, 1.54) is 0 Å². The molecule has 5 nitrogen and oxygen atoms in total. The molecule has 3 rings (SSSR count). The van der Waals surface area contributed by atoms with Gasteiger partial charge in [0, 0.05) is 17.3 Å². The summed E-state index contributed by atoms with van der Waals surface area (Å²) in [6, 6.07) is 13.2. The molecule has 0 saturated carbocycles. The Kier molecular flexibility index (Phi) is 2.87. The second-order valence-electron chi connectivity index (χ2n) is 4.66. The van der Waals surface area contributed by atoms with E-state index in [1.54, 1.807) is 4.68 Å². The van der Waals surface area contributed by atoms with Crippen molar-refractivity contribution >= 4 is 22.5 Å². The first-order valence-electron chi connectivity index (χ1n) is 6.25. The fraction of sp³-hybridized carbons (Fsp3) is 0.0667. The lowest BCUT2D eigenvalue weighted by atomic mass is 10.1. The topological polar surface area (TPSA) is 86.9 Å². The summed E-state index contributed by atoms with van der Waals surface area (Å²) >= 11 is 0. The van der Waals surface area contributed by atoms with Gasteiger partial charge in [0.25, 0.3) is 0 Å². The van der Waals surface area contributed by atoms with Crippen molar-refractivity contribution in [2.75, 3.05) is 5.73 Å². The van der Waals surface area contributed by atoms with Crippen LogP contribution in [0.15, 0.2) is 48.7 Å². The molecule has 0 atom stereocenters. The van der Waals surface area contributed by atoms with Crippen LogP contribution in [-0.2, 0) is 11.2 Å². The van der Waals surface area contributed by atoms with Crippen LogP contribution in [0.25, 0.3) is 16.6 Å². The maximum atomic E-state index is 11.1. The molecule has 0 aliphatic rings. The second-order valence-corrected chi connectivity index (χ2v) is 4.66. The number of aromatic nitrogens is 2. The van der Waals surface area contributed by atoms with E-state index >= 15 is 0 Å². The Labute approximate surface area is 115 Å². The highest BCUT2D eigenvalue weighted by molar-refractivity contribution is 5.87. The first-order chi connectivity index (χ1) is 9.63. The van der Waals surface area contributed by atoms with Gasteiger partial charge in [-0.15, -0.1) is 0 Å². The number of nitrogens with zero attached hydrogens (tertiary/aromatic N) is 2. The standard InChI is InChI=1S/C15H14N4O/c16-12-4-6-13(7-5-12)19-9-11-3-1-2-10(8-14(17)20)15(11)18-19/h1-7,9H,8,16H2,(H2,17,20). The molecule has 20 heavy (non-hydrogen) atoms. The molecule has 100 valence electrons. The summed E-state index contributed by atoms with van der Waals surface area (Å²) in [7, 11) is 0. The number of rotatable bonds is 3. The highest BCUT2D eigenvalue weighted by Gasteiger charge is 2.09. The number of hydrogen-bond acceptors (Lipinski definition) is 3. The van der Waals surface area contributed by atoms with Crippen molar-refractivity contribution in [1.29, 1.82) is 0 Å². The number of hydrogen-bond donors (Lipinski definition) is 2. The van der Waals surface area contributed by atoms with Crippen molar-refractivity contribution in [2.45, 2.75) is 6.42 Å². The van der Waals surface area contributed by atoms with Gasteiger partial charge in [0.05, 0.1) is 17.6 Å². The van der Waals surface area contributed by atoms with Crippen LogP contribution in [0.2, 0.25) is 0 Å². The highest BCUT2D eigenvalue weighted by atomic mass is 16.1. The number of amides is 1. The summed E-state index contributed by atoms with van der Waals surface area (Å²) in [5, 5.41) is 5.51. The van der Waals surface area contributed by atoms with E-state index in [9.17, 15) is 4.79 Å². The van der Waals surface area contributed by atoms with Gasteiger partial charge in [-0.3, -0.25) is 4.79 Å². The van der Waals surface area contributed by atoms with Crippen molar-refractivity contribution in [3.63, 3.8) is 0 Å². The number of carbonyl (C=O) groups excluding carboxylic acids is 1. The third kappa shape index (κ3) is 2.21. The van der Waals surface area contributed by atoms with E-state index in [4.69, 9.17) is 11.5 Å². The van der Waals surface area contributed by atoms with E-state index < -0.39 is 0 Å². The van der Waals surface area contributed by atoms with Crippen LogP contribution in [0.4, 0.5) is 5.69 Å². The summed E-state index contributed by atoms with van der Waals surface area (Å²) in [6.07, 6.45) is 2.11. The average molecular weight is 266 g/mol. The maximum Gasteiger partial charge on any atom is 0.221 e. The maximum absolute atomic E-state index is 11.1. The molecule has 0 spiro atoms. The smallest absolute Gasteiger partial charge is 0.221 e. The van der Waals surface area contributed by atoms with Crippen LogP contribution in [0, 0.1) is 0 Å². The molecule has 0 unspecified atom stereocenters. The zero-order valence-corrected chi connectivity index (χ0v) is 10.8. The number of nitrogen functional groups attached to an aromatic ring is 1. The zero-order valence-electron chi connectivity index (χ0n) is 10.8. The van der Waals surface area contributed by atoms with Gasteiger partial charge in [-0.1, -0.05) is 18.2 Å². The van der Waals surface area contributed by atoms with Gasteiger partial charge >= 0.3 is 0 Å². The first kappa shape index (κ1) is 12.2. The number of anilines is 1. The van der Waals surface area contributed by atoms with E-state index in [0.717, 1.165) is 22.2 Å². The first-order valence-corrected chi connectivity index (χ1v) is 6.25. The number of fused-ring (bicyclic) bond motifs is 1. The minimum atomic E-state index is -0.362. The van der Waals surface area contributed by atoms with Gasteiger partial charge in [0.1, 0.15) is 0 Å². The van der Waals surface area contributed by atoms with Crippen molar-refractivity contribution < 1.29 is 4.79 Å². The van der Waals surface area contributed by atoms with Gasteiger partial charge in [-0.25, -0.2) is 4.68 Å². The second kappa shape index (κ2) is 4.70. The molecular formula is C15H14N4O. The van der Waals surface area contributed by atoms with Crippen LogP contribution in [0.1, 0.15) is 5.56 Å². The Bertz CT molecular complexity index is 774. The van der Waals surface area contributed by atoms with Crippen LogP contribution in [0.5, 0.6) is 0 Å². The van der Waals surface area contributed by atoms with Crippen LogP contribution < -0.4 is 11.5 Å². The molecule has 5 heteroatoms. The molecule has 3 aromatic rings. The van der Waals surface area contributed by atoms with Crippen molar-refractivity contribution in [1.82, 2.24) is 9.78 Å². The lowest BCUT2D eigenvalue weighted by Crippen LogP contribution is -2.13. The number of carbonyl (C=O) groups is 1. The van der Waals surface area contributed by atoms with Gasteiger partial charge < -0.3 is 11.5 Å². The Hall–Kier alpha value is -2.82. The van der Waals surface area contributed by atoms with E-state index in [0.29, 0.717) is 5.69 Å². The average Bonchev–Trinajstić information content (AvgIpc) is 2.84. The van der Waals surface area contributed by atoms with Crippen LogP contribution in [0.3, 0.4) is 0 Å². The molecule has 0 aliphatic heterocycles. The van der Waals surface area contributed by atoms with Gasteiger partial charge in [0.2, 0.25) is 5.91 Å². The monoisotopic (exact) mass is 266 g/mol. The summed E-state index contributed by atoms with van der Waals surface area (Å²) in [4.78, 5) is 11.1. The fourth-order valence-electron chi connectivity index (χ4n) is 2.20. The minimum Gasteiger partial charge on any atom is -0.399 e. The minimum absolute atomic E-state index is 0.191. The molecule has 0 radical (unpaired) electrons. The van der Waals surface area contributed by atoms with E-state index in [2.05, 4.69) is 5.10 Å². The zero-order chi connectivity index (χ0) is 14.1. The molecule has 0 aliphatic carbocycles. The van der Waals surface area contributed by atoms with Crippen molar-refractivity contribution in [2.24, 2.45) is 5.73 Å². The molecule has 1 amide bonds. The molecule has 0 fully saturated rings. The molecule has 1 aromatic heterocycles. The summed E-state index contributed by atoms with van der Waals surface area (Å²) in [5.74, 6) is -0.362. The largest absolute Gasteiger partial charge is 0.399 e. The fourth-order valence-corrected chi connectivity index (χ4v) is 2.20. The lowest BCUT2D eigenvalue weighted by molar-refractivity contribution is -0.117. The highest BCUT2D eigenvalue weighted by Crippen LogP contribution is 2.20. The van der Waals surface area contributed by atoms with E-state index in [-0.39, 0.29) is 12.3 Å². The predicted molar refractivity (Wildman–Crippen MR) is 78.4 cm³/mol. The summed E-state index contributed by atoms with van der Waals surface area (Å²) in [6.45, 7) is 0. The van der Waals surface area contributed by atoms with Crippen molar-refractivity contribution in [3.05, 3.63) is 54.2 Å². The summed E-state index contributed by atoms with van der Waals surface area (Å²) in [5.41, 5.74) is 14.2. The lowest BCUT2D eigenvalue weighted by Gasteiger charge is -2.01. The number of primary amides is 1. The Balaban J connectivity index is 2.10. The van der Waals surface area contributed by atoms with Gasteiger partial charge in [-0.05, 0) is 29.8 Å². The van der Waals surface area contributed by atoms with E-state index in [1.807, 2.05) is 48.7 Å².